The molecule has 0 aromatic rings. The van der Waals surface area contributed by atoms with E-state index in [-0.39, 0.29) is 25.2 Å². The summed E-state index contributed by atoms with van der Waals surface area (Å²) < 4.78 is 11.8. The van der Waals surface area contributed by atoms with Crippen LogP contribution in [0.1, 0.15) is 232 Å². The molecule has 0 spiro atoms. The second kappa shape index (κ2) is 36.0. The summed E-state index contributed by atoms with van der Waals surface area (Å²) in [4.78, 5) is 12.7. The van der Waals surface area contributed by atoms with Gasteiger partial charge in [0.25, 0.3) is 0 Å². The monoisotopic (exact) mass is 674 g/mol. The summed E-state index contributed by atoms with van der Waals surface area (Å²) in [6, 6.07) is -0.0859. The lowest BCUT2D eigenvalue weighted by molar-refractivity contribution is -0.123. The Morgan fingerprint density at radius 3 is 1.31 bits per heavy atom. The summed E-state index contributed by atoms with van der Waals surface area (Å²) in [6.07, 6.45) is 50.1. The summed E-state index contributed by atoms with van der Waals surface area (Å²) in [5, 5.41) is 3.21. The summed E-state index contributed by atoms with van der Waals surface area (Å²) in [5.41, 5.74) is 0. The van der Waals surface area contributed by atoms with E-state index in [0.717, 1.165) is 19.3 Å². The molecule has 48 heavy (non-hydrogen) atoms. The van der Waals surface area contributed by atoms with Crippen LogP contribution in [0.3, 0.4) is 0 Å². The van der Waals surface area contributed by atoms with E-state index in [4.69, 9.17) is 9.31 Å². The summed E-state index contributed by atoms with van der Waals surface area (Å²) >= 11 is 0. The molecule has 1 saturated heterocycles. The normalized spacial score (nSPS) is 16.7. The fourth-order valence-electron chi connectivity index (χ4n) is 7.15. The number of rotatable bonds is 36. The molecule has 1 unspecified atom stereocenters. The molecule has 0 saturated carbocycles. The molecule has 2 atom stereocenters. The Bertz CT molecular complexity index is 702. The number of unbranched alkanes of at least 4 members (excludes halogenated alkanes) is 31. The first kappa shape index (κ1) is 45.2. The maximum Gasteiger partial charge on any atom is 0.454 e. The maximum absolute atomic E-state index is 12.7. The summed E-state index contributed by atoms with van der Waals surface area (Å²) in [6.45, 7) is 7.06. The number of nitrogens with one attached hydrogen (secondary N) is 1. The third-order valence-electron chi connectivity index (χ3n) is 10.4. The number of carbonyl (C=O) groups excluding carboxylic acids is 1. The third kappa shape index (κ3) is 30.1. The Morgan fingerprint density at radius 1 is 0.562 bits per heavy atom. The zero-order valence-electron chi connectivity index (χ0n) is 32.9. The number of hydrogen-bond acceptors (Lipinski definition) is 3. The van der Waals surface area contributed by atoms with Crippen LogP contribution < -0.4 is 5.32 Å². The average molecular weight is 674 g/mol. The van der Waals surface area contributed by atoms with Gasteiger partial charge in [0.15, 0.2) is 0 Å². The Morgan fingerprint density at radius 2 is 0.917 bits per heavy atom. The highest BCUT2D eigenvalue weighted by molar-refractivity contribution is 6.42. The van der Waals surface area contributed by atoms with Crippen LogP contribution in [-0.2, 0) is 14.1 Å². The van der Waals surface area contributed by atoms with Crippen molar-refractivity contribution in [2.24, 2.45) is 0 Å². The first-order chi connectivity index (χ1) is 23.7. The van der Waals surface area contributed by atoms with Crippen molar-refractivity contribution in [2.75, 3.05) is 6.61 Å². The second-order valence-corrected chi connectivity index (χ2v) is 15.2. The van der Waals surface area contributed by atoms with Gasteiger partial charge in [0.1, 0.15) is 0 Å². The summed E-state index contributed by atoms with van der Waals surface area (Å²) in [7, 11) is -0.218. The van der Waals surface area contributed by atoms with Gasteiger partial charge in [0.2, 0.25) is 5.91 Å². The predicted octanol–water partition coefficient (Wildman–Crippen LogP) is 13.9. The number of allylic oxidation sites excluding steroid dienone is 1. The highest BCUT2D eigenvalue weighted by Gasteiger charge is 2.31. The van der Waals surface area contributed by atoms with E-state index in [9.17, 15) is 4.79 Å². The number of carbonyl (C=O) groups is 1. The SMILES string of the molecule is CCCCCCCCCCCCC/C=C/C1OB(C)OC[C@@H]1NC(=O)CCCCCCCCCCCCCCCCCCCCCCC. The van der Waals surface area contributed by atoms with Crippen molar-refractivity contribution in [3.63, 3.8) is 0 Å². The van der Waals surface area contributed by atoms with Crippen molar-refractivity contribution in [1.82, 2.24) is 5.32 Å². The standard InChI is InChI=1S/C43H84BNO3/c1-4-6-8-10-12-14-16-18-19-20-21-22-23-24-25-27-29-31-33-35-37-39-43(46)45-41-40-47-44(3)48-42(41)38-36-34-32-30-28-26-17-15-13-11-9-7-5-2/h36,38,41-42H,4-35,37,39-40H2,1-3H3,(H,45,46)/b38-36+/t41-,42?/m0/s1. The van der Waals surface area contributed by atoms with Crippen LogP contribution in [0, 0.1) is 0 Å². The Kier molecular flexibility index (Phi) is 33.9. The van der Waals surface area contributed by atoms with Gasteiger partial charge in [-0.2, -0.15) is 0 Å². The Labute approximate surface area is 301 Å². The lowest BCUT2D eigenvalue weighted by Gasteiger charge is -2.33. The van der Waals surface area contributed by atoms with Crippen molar-refractivity contribution in [3.05, 3.63) is 12.2 Å². The maximum atomic E-state index is 12.7. The molecule has 1 amide bonds. The van der Waals surface area contributed by atoms with Crippen LogP contribution in [0.4, 0.5) is 0 Å². The molecule has 0 radical (unpaired) electrons. The van der Waals surface area contributed by atoms with Crippen molar-refractivity contribution in [2.45, 2.75) is 251 Å². The lowest BCUT2D eigenvalue weighted by atomic mass is 9.90. The van der Waals surface area contributed by atoms with Gasteiger partial charge in [0.05, 0.1) is 18.8 Å². The lowest BCUT2D eigenvalue weighted by Crippen LogP contribution is -2.53. The molecule has 1 fully saturated rings. The fraction of sp³-hybridized carbons (Fsp3) is 0.930. The number of amides is 1. The Balaban J connectivity index is 1.94. The smallest absolute Gasteiger partial charge is 0.409 e. The first-order valence-electron chi connectivity index (χ1n) is 21.9. The zero-order valence-corrected chi connectivity index (χ0v) is 32.9. The highest BCUT2D eigenvalue weighted by atomic mass is 16.6. The van der Waals surface area contributed by atoms with Gasteiger partial charge in [-0.3, -0.25) is 4.79 Å². The molecule has 1 aliphatic heterocycles. The van der Waals surface area contributed by atoms with E-state index < -0.39 is 0 Å². The zero-order chi connectivity index (χ0) is 34.6. The van der Waals surface area contributed by atoms with Crippen LogP contribution in [-0.4, -0.2) is 31.8 Å². The van der Waals surface area contributed by atoms with Crippen LogP contribution in [0.15, 0.2) is 12.2 Å². The van der Waals surface area contributed by atoms with Gasteiger partial charge in [-0.15, -0.1) is 0 Å². The van der Waals surface area contributed by atoms with Crippen molar-refractivity contribution >= 4 is 13.0 Å². The van der Waals surface area contributed by atoms with E-state index in [1.54, 1.807) is 0 Å². The molecule has 5 heteroatoms. The molecular formula is C43H84BNO3. The van der Waals surface area contributed by atoms with Crippen molar-refractivity contribution < 1.29 is 14.1 Å². The van der Waals surface area contributed by atoms with Crippen LogP contribution in [0.5, 0.6) is 0 Å². The topological polar surface area (TPSA) is 47.6 Å². The highest BCUT2D eigenvalue weighted by Crippen LogP contribution is 2.17. The quantitative estimate of drug-likeness (QED) is 0.0409. The molecule has 0 aromatic carbocycles. The number of hydrogen-bond donors (Lipinski definition) is 1. The molecule has 282 valence electrons. The van der Waals surface area contributed by atoms with Gasteiger partial charge in [-0.25, -0.2) is 0 Å². The Hall–Kier alpha value is -0.805. The molecular weight excluding hydrogens is 589 g/mol. The molecule has 0 aromatic heterocycles. The van der Waals surface area contributed by atoms with Crippen LogP contribution >= 0.6 is 0 Å². The van der Waals surface area contributed by atoms with Gasteiger partial charge < -0.3 is 14.6 Å². The molecule has 1 heterocycles. The van der Waals surface area contributed by atoms with E-state index in [2.05, 4.69) is 31.3 Å². The van der Waals surface area contributed by atoms with Crippen LogP contribution in [0.25, 0.3) is 0 Å². The molecule has 4 nitrogen and oxygen atoms in total. The van der Waals surface area contributed by atoms with E-state index in [0.29, 0.717) is 13.0 Å². The molecule has 1 N–H and O–H groups in total. The van der Waals surface area contributed by atoms with E-state index >= 15 is 0 Å². The molecule has 1 aliphatic rings. The molecule has 1 rings (SSSR count). The van der Waals surface area contributed by atoms with E-state index in [1.807, 2.05) is 6.82 Å². The largest absolute Gasteiger partial charge is 0.454 e. The fourth-order valence-corrected chi connectivity index (χ4v) is 7.15. The molecule has 0 bridgehead atoms. The summed E-state index contributed by atoms with van der Waals surface area (Å²) in [5.74, 6) is 0.142. The predicted molar refractivity (Wildman–Crippen MR) is 212 cm³/mol. The van der Waals surface area contributed by atoms with Crippen molar-refractivity contribution in [1.29, 1.82) is 0 Å². The van der Waals surface area contributed by atoms with Crippen molar-refractivity contribution in [3.8, 4) is 0 Å². The average Bonchev–Trinajstić information content (AvgIpc) is 3.08. The minimum atomic E-state index is -0.218. The van der Waals surface area contributed by atoms with Gasteiger partial charge in [-0.05, 0) is 26.1 Å². The minimum Gasteiger partial charge on any atom is -0.409 e. The van der Waals surface area contributed by atoms with Gasteiger partial charge in [-0.1, -0.05) is 219 Å². The third-order valence-corrected chi connectivity index (χ3v) is 10.4. The van der Waals surface area contributed by atoms with Crippen LogP contribution in [0.2, 0.25) is 6.82 Å². The van der Waals surface area contributed by atoms with Gasteiger partial charge >= 0.3 is 7.12 Å². The minimum absolute atomic E-state index is 0.0859. The van der Waals surface area contributed by atoms with E-state index in [1.165, 1.54) is 193 Å². The first-order valence-corrected chi connectivity index (χ1v) is 21.9. The second-order valence-electron chi connectivity index (χ2n) is 15.2. The molecule has 0 aliphatic carbocycles. The van der Waals surface area contributed by atoms with Gasteiger partial charge in [0, 0.05) is 6.42 Å².